The molecule has 1 amide bonds. The summed E-state index contributed by atoms with van der Waals surface area (Å²) in [6, 6.07) is 3.89. The average Bonchev–Trinajstić information content (AvgIpc) is 2.81. The van der Waals surface area contributed by atoms with Crippen molar-refractivity contribution in [2.24, 2.45) is 5.92 Å². The molecule has 19 heavy (non-hydrogen) atoms. The Morgan fingerprint density at radius 2 is 2.32 bits per heavy atom. The summed E-state index contributed by atoms with van der Waals surface area (Å²) in [6.45, 7) is 3.64. The Labute approximate surface area is 116 Å². The normalized spacial score (nSPS) is 22.5. The fraction of sp³-hybridized carbons (Fsp3) is 0.462. The maximum atomic E-state index is 12.9. The fourth-order valence-electron chi connectivity index (χ4n) is 2.09. The highest BCUT2D eigenvalue weighted by molar-refractivity contribution is 6.33. The number of amides is 1. The fourth-order valence-corrected chi connectivity index (χ4v) is 2.31. The van der Waals surface area contributed by atoms with Crippen molar-refractivity contribution < 1.29 is 13.9 Å². The highest BCUT2D eigenvalue weighted by Gasteiger charge is 2.33. The van der Waals surface area contributed by atoms with E-state index in [-0.39, 0.29) is 22.9 Å². The van der Waals surface area contributed by atoms with E-state index in [1.165, 1.54) is 18.2 Å². The first-order chi connectivity index (χ1) is 9.11. The van der Waals surface area contributed by atoms with Crippen LogP contribution >= 0.6 is 11.6 Å². The molecule has 2 N–H and O–H groups in total. The molecule has 1 aliphatic rings. The van der Waals surface area contributed by atoms with E-state index in [9.17, 15) is 9.18 Å². The van der Waals surface area contributed by atoms with Crippen LogP contribution in [0.2, 0.25) is 5.02 Å². The number of carbonyl (C=O) groups is 1. The molecule has 104 valence electrons. The first-order valence-corrected chi connectivity index (χ1v) is 6.56. The maximum Gasteiger partial charge on any atom is 0.231 e. The molecule has 2 rings (SSSR count). The minimum Gasteiger partial charge on any atom is -0.379 e. The number of likely N-dealkylation sites (N-methyl/N-ethyl adjacent to an activating group) is 1. The monoisotopic (exact) mass is 286 g/mol. The molecule has 0 saturated carbocycles. The number of nitrogens with one attached hydrogen (secondary N) is 2. The van der Waals surface area contributed by atoms with Crippen LogP contribution < -0.4 is 10.6 Å². The van der Waals surface area contributed by atoms with E-state index in [1.807, 2.05) is 6.92 Å². The molecule has 2 atom stereocenters. The number of benzene rings is 1. The van der Waals surface area contributed by atoms with Gasteiger partial charge in [-0.25, -0.2) is 4.39 Å². The molecule has 1 aromatic carbocycles. The van der Waals surface area contributed by atoms with Crippen LogP contribution in [0, 0.1) is 11.7 Å². The molecular weight excluding hydrogens is 271 g/mol. The van der Waals surface area contributed by atoms with E-state index in [4.69, 9.17) is 16.3 Å². The molecule has 0 radical (unpaired) electrons. The van der Waals surface area contributed by atoms with Crippen LogP contribution in [-0.4, -0.2) is 31.7 Å². The van der Waals surface area contributed by atoms with Gasteiger partial charge in [0, 0.05) is 6.04 Å². The molecule has 0 spiro atoms. The largest absolute Gasteiger partial charge is 0.379 e. The molecule has 2 unspecified atom stereocenters. The second-order valence-corrected chi connectivity index (χ2v) is 4.83. The summed E-state index contributed by atoms with van der Waals surface area (Å²) in [5.74, 6) is -0.865. The topological polar surface area (TPSA) is 50.4 Å². The van der Waals surface area contributed by atoms with E-state index in [1.54, 1.807) is 0 Å². The second kappa shape index (κ2) is 6.32. The minimum absolute atomic E-state index is 0.00391. The Morgan fingerprint density at radius 3 is 3.00 bits per heavy atom. The number of anilines is 1. The Hall–Kier alpha value is -1.17. The van der Waals surface area contributed by atoms with Gasteiger partial charge >= 0.3 is 0 Å². The van der Waals surface area contributed by atoms with Gasteiger partial charge in [-0.15, -0.1) is 0 Å². The lowest BCUT2D eigenvalue weighted by atomic mass is 10.0. The molecule has 6 heteroatoms. The van der Waals surface area contributed by atoms with Gasteiger partial charge in [0.05, 0.1) is 29.8 Å². The summed E-state index contributed by atoms with van der Waals surface area (Å²) in [7, 11) is 0. The quantitative estimate of drug-likeness (QED) is 0.891. The zero-order valence-electron chi connectivity index (χ0n) is 10.6. The standard InChI is InChI=1S/C13H16ClFN2O2/c1-2-16-12-7-19-6-9(12)13(18)17-11-4-3-8(15)5-10(11)14/h3-5,9,12,16H,2,6-7H2,1H3,(H,17,18). The number of halogens is 2. The second-order valence-electron chi connectivity index (χ2n) is 4.42. The van der Waals surface area contributed by atoms with Gasteiger partial charge in [-0.1, -0.05) is 18.5 Å². The van der Waals surface area contributed by atoms with Crippen molar-refractivity contribution in [1.29, 1.82) is 0 Å². The van der Waals surface area contributed by atoms with Crippen molar-refractivity contribution in [3.05, 3.63) is 29.0 Å². The minimum atomic E-state index is -0.433. The van der Waals surface area contributed by atoms with Crippen LogP contribution in [0.1, 0.15) is 6.92 Å². The molecule has 0 aliphatic carbocycles. The van der Waals surface area contributed by atoms with Crippen LogP contribution in [0.4, 0.5) is 10.1 Å². The molecule has 0 aromatic heterocycles. The SMILES string of the molecule is CCNC1COCC1C(=O)Nc1ccc(F)cc1Cl. The van der Waals surface area contributed by atoms with Gasteiger partial charge in [-0.2, -0.15) is 0 Å². The lowest BCUT2D eigenvalue weighted by Crippen LogP contribution is -2.41. The van der Waals surface area contributed by atoms with Crippen LogP contribution in [0.25, 0.3) is 0 Å². The third-order valence-electron chi connectivity index (χ3n) is 3.07. The smallest absolute Gasteiger partial charge is 0.231 e. The molecule has 1 heterocycles. The van der Waals surface area contributed by atoms with Gasteiger partial charge < -0.3 is 15.4 Å². The van der Waals surface area contributed by atoms with Crippen LogP contribution in [-0.2, 0) is 9.53 Å². The Balaban J connectivity index is 2.04. The van der Waals surface area contributed by atoms with Gasteiger partial charge in [0.2, 0.25) is 5.91 Å². The molecule has 1 saturated heterocycles. The summed E-state index contributed by atoms with van der Waals surface area (Å²) >= 11 is 5.88. The van der Waals surface area contributed by atoms with Crippen molar-refractivity contribution >= 4 is 23.2 Å². The lowest BCUT2D eigenvalue weighted by molar-refractivity contribution is -0.120. The van der Waals surface area contributed by atoms with E-state index in [0.717, 1.165) is 6.54 Å². The van der Waals surface area contributed by atoms with E-state index >= 15 is 0 Å². The Kier molecular flexibility index (Phi) is 4.74. The lowest BCUT2D eigenvalue weighted by Gasteiger charge is -2.18. The van der Waals surface area contributed by atoms with Gasteiger partial charge in [0.1, 0.15) is 5.82 Å². The van der Waals surface area contributed by atoms with Crippen molar-refractivity contribution in [3.8, 4) is 0 Å². The number of hydrogen-bond donors (Lipinski definition) is 2. The van der Waals surface area contributed by atoms with Crippen molar-refractivity contribution in [2.75, 3.05) is 25.1 Å². The highest BCUT2D eigenvalue weighted by atomic mass is 35.5. The molecule has 0 bridgehead atoms. The summed E-state index contributed by atoms with van der Waals surface area (Å²) in [6.07, 6.45) is 0. The summed E-state index contributed by atoms with van der Waals surface area (Å²) in [5.41, 5.74) is 0.412. The molecule has 1 aromatic rings. The molecular formula is C13H16ClFN2O2. The van der Waals surface area contributed by atoms with Crippen molar-refractivity contribution in [1.82, 2.24) is 5.32 Å². The van der Waals surface area contributed by atoms with Crippen LogP contribution in [0.5, 0.6) is 0 Å². The Bertz CT molecular complexity index is 470. The maximum absolute atomic E-state index is 12.9. The zero-order chi connectivity index (χ0) is 13.8. The highest BCUT2D eigenvalue weighted by Crippen LogP contribution is 2.24. The molecule has 1 fully saturated rings. The summed E-state index contributed by atoms with van der Waals surface area (Å²) in [4.78, 5) is 12.2. The predicted molar refractivity (Wildman–Crippen MR) is 71.8 cm³/mol. The van der Waals surface area contributed by atoms with E-state index in [0.29, 0.717) is 18.9 Å². The molecule has 4 nitrogen and oxygen atoms in total. The van der Waals surface area contributed by atoms with Gasteiger partial charge in [-0.3, -0.25) is 4.79 Å². The predicted octanol–water partition coefficient (Wildman–Crippen LogP) is 2.04. The van der Waals surface area contributed by atoms with Gasteiger partial charge in [-0.05, 0) is 24.7 Å². The van der Waals surface area contributed by atoms with Crippen LogP contribution in [0.15, 0.2) is 18.2 Å². The van der Waals surface area contributed by atoms with Crippen molar-refractivity contribution in [2.45, 2.75) is 13.0 Å². The first kappa shape index (κ1) is 14.2. The van der Waals surface area contributed by atoms with Gasteiger partial charge in [0.15, 0.2) is 0 Å². The number of carbonyl (C=O) groups excluding carboxylic acids is 1. The number of hydrogen-bond acceptors (Lipinski definition) is 3. The number of ether oxygens (including phenoxy) is 1. The summed E-state index contributed by atoms with van der Waals surface area (Å²) < 4.78 is 18.2. The van der Waals surface area contributed by atoms with Gasteiger partial charge in [0.25, 0.3) is 0 Å². The third kappa shape index (κ3) is 3.43. The van der Waals surface area contributed by atoms with E-state index < -0.39 is 5.82 Å². The first-order valence-electron chi connectivity index (χ1n) is 6.19. The van der Waals surface area contributed by atoms with Crippen molar-refractivity contribution in [3.63, 3.8) is 0 Å². The molecule has 1 aliphatic heterocycles. The van der Waals surface area contributed by atoms with E-state index in [2.05, 4.69) is 10.6 Å². The van der Waals surface area contributed by atoms with Crippen LogP contribution in [0.3, 0.4) is 0 Å². The average molecular weight is 287 g/mol. The third-order valence-corrected chi connectivity index (χ3v) is 3.39. The summed E-state index contributed by atoms with van der Waals surface area (Å²) in [5, 5.41) is 6.10. The number of rotatable bonds is 4. The zero-order valence-corrected chi connectivity index (χ0v) is 11.3. The Morgan fingerprint density at radius 1 is 1.53 bits per heavy atom.